The van der Waals surface area contributed by atoms with Crippen LogP contribution in [0.4, 0.5) is 4.39 Å². The molecule has 1 aliphatic heterocycles. The van der Waals surface area contributed by atoms with E-state index in [0.29, 0.717) is 17.0 Å². The number of rotatable bonds is 5. The highest BCUT2D eigenvalue weighted by molar-refractivity contribution is 5.38. The van der Waals surface area contributed by atoms with Crippen LogP contribution in [0.5, 0.6) is 5.75 Å². The van der Waals surface area contributed by atoms with Gasteiger partial charge in [-0.25, -0.2) is 4.39 Å². The predicted octanol–water partition coefficient (Wildman–Crippen LogP) is 1.37. The average Bonchev–Trinajstić information content (AvgIpc) is 3.37. The lowest BCUT2D eigenvalue weighted by atomic mass is 10.1. The molecule has 1 N–H and O–H groups in total. The number of aromatic nitrogens is 6. The van der Waals surface area contributed by atoms with Crippen molar-refractivity contribution in [3.8, 4) is 17.5 Å². The minimum Gasteiger partial charge on any atom is -0.489 e. The number of nitriles is 1. The van der Waals surface area contributed by atoms with Gasteiger partial charge in [0.25, 0.3) is 0 Å². The number of halogens is 1. The van der Waals surface area contributed by atoms with Crippen LogP contribution < -0.4 is 10.1 Å². The second-order valence-electron chi connectivity index (χ2n) is 6.21. The number of benzene rings is 1. The molecular formula is C17H17FN8O. The van der Waals surface area contributed by atoms with E-state index in [4.69, 9.17) is 4.74 Å². The van der Waals surface area contributed by atoms with Crippen molar-refractivity contribution >= 4 is 0 Å². The molecule has 0 radical (unpaired) electrons. The molecule has 0 atom stereocenters. The number of nitrogens with one attached hydrogen (secondary N) is 1. The van der Waals surface area contributed by atoms with Crippen LogP contribution in [-0.2, 0) is 6.61 Å². The second-order valence-corrected chi connectivity index (χ2v) is 6.21. The van der Waals surface area contributed by atoms with Gasteiger partial charge in [-0.2, -0.15) is 15.0 Å². The number of ether oxygens (including phenoxy) is 1. The number of hydrogen-bond acceptors (Lipinski definition) is 7. The Labute approximate surface area is 154 Å². The van der Waals surface area contributed by atoms with E-state index in [1.807, 2.05) is 0 Å². The molecule has 4 rings (SSSR count). The molecule has 0 amide bonds. The van der Waals surface area contributed by atoms with Crippen molar-refractivity contribution in [1.29, 1.82) is 5.26 Å². The van der Waals surface area contributed by atoms with Gasteiger partial charge in [0.1, 0.15) is 36.1 Å². The lowest BCUT2D eigenvalue weighted by molar-refractivity contribution is 0.302. The molecule has 0 aliphatic carbocycles. The number of hydrogen-bond donors (Lipinski definition) is 1. The van der Waals surface area contributed by atoms with E-state index in [-0.39, 0.29) is 18.3 Å². The third-order valence-electron chi connectivity index (χ3n) is 4.54. The fourth-order valence-electron chi connectivity index (χ4n) is 3.15. The Morgan fingerprint density at radius 2 is 2.19 bits per heavy atom. The molecule has 1 aromatic carbocycles. The van der Waals surface area contributed by atoms with E-state index in [1.165, 1.54) is 23.1 Å². The summed E-state index contributed by atoms with van der Waals surface area (Å²) in [5, 5.41) is 27.9. The number of piperidine rings is 1. The van der Waals surface area contributed by atoms with Crippen LogP contribution in [0.25, 0.3) is 5.69 Å². The zero-order valence-electron chi connectivity index (χ0n) is 14.4. The minimum absolute atomic E-state index is 0.136. The molecular weight excluding hydrogens is 351 g/mol. The van der Waals surface area contributed by atoms with E-state index in [1.54, 1.807) is 16.9 Å². The van der Waals surface area contributed by atoms with E-state index in [9.17, 15) is 9.65 Å². The van der Waals surface area contributed by atoms with Gasteiger partial charge in [0, 0.05) is 11.6 Å². The highest BCUT2D eigenvalue weighted by Crippen LogP contribution is 2.24. The molecule has 1 fully saturated rings. The zero-order valence-corrected chi connectivity index (χ0v) is 14.4. The maximum atomic E-state index is 14.3. The zero-order chi connectivity index (χ0) is 18.6. The van der Waals surface area contributed by atoms with Crippen molar-refractivity contribution < 1.29 is 9.13 Å². The monoisotopic (exact) mass is 368 g/mol. The molecule has 3 heterocycles. The van der Waals surface area contributed by atoms with Gasteiger partial charge in [-0.15, -0.1) is 5.10 Å². The molecule has 1 aliphatic rings. The van der Waals surface area contributed by atoms with Gasteiger partial charge in [0.2, 0.25) is 0 Å². The van der Waals surface area contributed by atoms with Gasteiger partial charge in [-0.05, 0) is 48.5 Å². The fourth-order valence-corrected chi connectivity index (χ4v) is 3.15. The maximum absolute atomic E-state index is 14.3. The normalized spacial score (nSPS) is 14.8. The molecule has 3 aromatic rings. The molecule has 2 aromatic heterocycles. The second kappa shape index (κ2) is 7.51. The summed E-state index contributed by atoms with van der Waals surface area (Å²) in [6.07, 6.45) is 4.82. The summed E-state index contributed by atoms with van der Waals surface area (Å²) in [5.41, 5.74) is 1.40. The number of nitrogens with zero attached hydrogens (tertiary/aromatic N) is 7. The summed E-state index contributed by atoms with van der Waals surface area (Å²) in [6, 6.07) is 6.85. The molecule has 0 unspecified atom stereocenters. The third kappa shape index (κ3) is 3.50. The van der Waals surface area contributed by atoms with E-state index in [2.05, 4.69) is 32.0 Å². The molecule has 0 bridgehead atoms. The topological polar surface area (TPSA) is 106 Å². The van der Waals surface area contributed by atoms with Crippen molar-refractivity contribution in [3.05, 3.63) is 47.8 Å². The van der Waals surface area contributed by atoms with Crippen molar-refractivity contribution in [2.45, 2.75) is 25.5 Å². The summed E-state index contributed by atoms with van der Waals surface area (Å²) < 4.78 is 22.9. The van der Waals surface area contributed by atoms with Crippen LogP contribution in [0.15, 0.2) is 30.7 Å². The lowest BCUT2D eigenvalue weighted by Gasteiger charge is -2.23. The Balaban J connectivity index is 1.48. The van der Waals surface area contributed by atoms with Gasteiger partial charge in [-0.3, -0.25) is 4.68 Å². The number of tetrazole rings is 1. The largest absolute Gasteiger partial charge is 0.489 e. The Hall–Kier alpha value is -3.32. The van der Waals surface area contributed by atoms with Gasteiger partial charge in [-0.1, -0.05) is 0 Å². The third-order valence-corrected chi connectivity index (χ3v) is 4.54. The molecule has 138 valence electrons. The van der Waals surface area contributed by atoms with E-state index < -0.39 is 5.82 Å². The molecule has 9 nitrogen and oxygen atoms in total. The highest BCUT2D eigenvalue weighted by Gasteiger charge is 2.21. The van der Waals surface area contributed by atoms with Crippen molar-refractivity contribution in [2.24, 2.45) is 0 Å². The molecule has 10 heteroatoms. The van der Waals surface area contributed by atoms with Crippen LogP contribution in [-0.4, -0.2) is 43.1 Å². The lowest BCUT2D eigenvalue weighted by Crippen LogP contribution is -2.30. The van der Waals surface area contributed by atoms with Gasteiger partial charge < -0.3 is 10.1 Å². The summed E-state index contributed by atoms with van der Waals surface area (Å²) in [6.45, 7) is 1.96. The average molecular weight is 368 g/mol. The summed E-state index contributed by atoms with van der Waals surface area (Å²) in [4.78, 5) is 0. The predicted molar refractivity (Wildman–Crippen MR) is 91.5 cm³/mol. The van der Waals surface area contributed by atoms with Crippen molar-refractivity contribution in [3.63, 3.8) is 0 Å². The van der Waals surface area contributed by atoms with Crippen LogP contribution in [0.2, 0.25) is 0 Å². The first-order valence-corrected chi connectivity index (χ1v) is 8.59. The Kier molecular flexibility index (Phi) is 4.76. The highest BCUT2D eigenvalue weighted by atomic mass is 19.1. The fraction of sp³-hybridized carbons (Fsp3) is 0.353. The SMILES string of the molecule is N#Cc1c(COc2ccc(-n3cnnn3)c(F)c2)cnn1C1CCNCC1. The first kappa shape index (κ1) is 17.1. The standard InChI is InChI=1S/C17H17FN8O/c18-15-7-14(1-2-16(15)25-11-21-23-24-25)27-10-12-9-22-26(17(12)8-19)13-3-5-20-6-4-13/h1-2,7,9,11,13,20H,3-6,10H2. The summed E-state index contributed by atoms with van der Waals surface area (Å²) in [5.74, 6) is -0.159. The summed E-state index contributed by atoms with van der Waals surface area (Å²) >= 11 is 0. The van der Waals surface area contributed by atoms with Crippen LogP contribution >= 0.6 is 0 Å². The van der Waals surface area contributed by atoms with Crippen molar-refractivity contribution in [1.82, 2.24) is 35.3 Å². The maximum Gasteiger partial charge on any atom is 0.152 e. The minimum atomic E-state index is -0.509. The Bertz CT molecular complexity index is 956. The Morgan fingerprint density at radius 1 is 1.33 bits per heavy atom. The molecule has 27 heavy (non-hydrogen) atoms. The van der Waals surface area contributed by atoms with Crippen LogP contribution in [0.1, 0.15) is 30.1 Å². The smallest absolute Gasteiger partial charge is 0.152 e. The quantitative estimate of drug-likeness (QED) is 0.725. The first-order valence-electron chi connectivity index (χ1n) is 8.59. The summed E-state index contributed by atoms with van der Waals surface area (Å²) in [7, 11) is 0. The molecule has 0 spiro atoms. The first-order chi connectivity index (χ1) is 13.3. The Morgan fingerprint density at radius 3 is 2.89 bits per heavy atom. The van der Waals surface area contributed by atoms with Gasteiger partial charge in [0.05, 0.1) is 12.2 Å². The molecule has 0 saturated carbocycles. The van der Waals surface area contributed by atoms with Crippen LogP contribution in [0, 0.1) is 17.1 Å². The van der Waals surface area contributed by atoms with E-state index >= 15 is 0 Å². The van der Waals surface area contributed by atoms with Crippen molar-refractivity contribution in [2.75, 3.05) is 13.1 Å². The van der Waals surface area contributed by atoms with Gasteiger partial charge >= 0.3 is 0 Å². The van der Waals surface area contributed by atoms with Gasteiger partial charge in [0.15, 0.2) is 5.82 Å². The van der Waals surface area contributed by atoms with Crippen LogP contribution in [0.3, 0.4) is 0 Å². The molecule has 1 saturated heterocycles. The van der Waals surface area contributed by atoms with E-state index in [0.717, 1.165) is 25.9 Å².